The average Bonchev–Trinajstić information content (AvgIpc) is 2.46. The zero-order valence-corrected chi connectivity index (χ0v) is 11.6. The number of halogens is 4. The van der Waals surface area contributed by atoms with E-state index >= 15 is 0 Å². The summed E-state index contributed by atoms with van der Waals surface area (Å²) in [7, 11) is 0. The molecule has 1 fully saturated rings. The summed E-state index contributed by atoms with van der Waals surface area (Å²) in [4.78, 5) is 12.3. The highest BCUT2D eigenvalue weighted by molar-refractivity contribution is 6.31. The number of Topliss-reactive ketones (excluding diaryl/α,β-unsaturated/α-hetero) is 1. The highest BCUT2D eigenvalue weighted by Gasteiger charge is 2.44. The van der Waals surface area contributed by atoms with Crippen LogP contribution in [0.1, 0.15) is 36.6 Å². The van der Waals surface area contributed by atoms with Crippen LogP contribution in [-0.2, 0) is 4.79 Å². The number of hydrogen-bond acceptors (Lipinski definition) is 1. The van der Waals surface area contributed by atoms with Gasteiger partial charge >= 0.3 is 6.18 Å². The second-order valence-corrected chi connectivity index (χ2v) is 5.71. The monoisotopic (exact) mass is 304 g/mol. The molecule has 3 atom stereocenters. The Morgan fingerprint density at radius 3 is 2.45 bits per heavy atom. The second-order valence-electron chi connectivity index (χ2n) is 5.28. The van der Waals surface area contributed by atoms with Gasteiger partial charge in [-0.25, -0.2) is 0 Å². The van der Waals surface area contributed by atoms with E-state index in [1.165, 1.54) is 0 Å². The van der Waals surface area contributed by atoms with E-state index in [2.05, 4.69) is 0 Å². The summed E-state index contributed by atoms with van der Waals surface area (Å²) >= 11 is 6.12. The highest BCUT2D eigenvalue weighted by atomic mass is 35.5. The number of carbonyl (C=O) groups is 1. The molecule has 0 aliphatic heterocycles. The highest BCUT2D eigenvalue weighted by Crippen LogP contribution is 2.42. The van der Waals surface area contributed by atoms with Gasteiger partial charge in [0.2, 0.25) is 0 Å². The smallest absolute Gasteiger partial charge is 0.297 e. The Bertz CT molecular complexity index is 458. The average molecular weight is 305 g/mol. The first kappa shape index (κ1) is 15.4. The minimum absolute atomic E-state index is 0.117. The molecule has 1 nitrogen and oxygen atoms in total. The van der Waals surface area contributed by atoms with Crippen LogP contribution >= 0.6 is 11.6 Å². The lowest BCUT2D eigenvalue weighted by atomic mass is 9.78. The molecule has 0 N–H and O–H groups in total. The quantitative estimate of drug-likeness (QED) is 0.726. The summed E-state index contributed by atoms with van der Waals surface area (Å²) in [6.45, 7) is 0. The minimum Gasteiger partial charge on any atom is -0.297 e. The third-order valence-electron chi connectivity index (χ3n) is 3.88. The molecule has 3 unspecified atom stereocenters. The van der Waals surface area contributed by atoms with Gasteiger partial charge in [-0.1, -0.05) is 36.8 Å². The molecular formula is C15H16ClF3O. The summed E-state index contributed by atoms with van der Waals surface area (Å²) in [5.41, 5.74) is 0.647. The maximum absolute atomic E-state index is 12.8. The van der Waals surface area contributed by atoms with E-state index in [0.717, 1.165) is 0 Å². The van der Waals surface area contributed by atoms with Gasteiger partial charge in [0.25, 0.3) is 0 Å². The lowest BCUT2D eigenvalue weighted by molar-refractivity contribution is -0.186. The molecule has 20 heavy (non-hydrogen) atoms. The topological polar surface area (TPSA) is 17.1 Å². The molecule has 0 spiro atoms. The predicted octanol–water partition coefficient (Wildman–Crippen LogP) is 4.90. The number of rotatable bonds is 3. The van der Waals surface area contributed by atoms with Crippen LogP contribution in [0.2, 0.25) is 0 Å². The Morgan fingerprint density at radius 1 is 1.20 bits per heavy atom. The fraction of sp³-hybridized carbons (Fsp3) is 0.533. The van der Waals surface area contributed by atoms with Crippen LogP contribution in [0.15, 0.2) is 30.3 Å². The molecule has 0 aromatic heterocycles. The summed E-state index contributed by atoms with van der Waals surface area (Å²) < 4.78 is 38.3. The van der Waals surface area contributed by atoms with Crippen LogP contribution < -0.4 is 0 Å². The van der Waals surface area contributed by atoms with Gasteiger partial charge in [-0.2, -0.15) is 13.2 Å². The van der Waals surface area contributed by atoms with Crippen molar-refractivity contribution in [3.8, 4) is 0 Å². The van der Waals surface area contributed by atoms with Crippen LogP contribution in [0, 0.1) is 11.8 Å². The molecule has 0 heterocycles. The second kappa shape index (κ2) is 6.17. The fourth-order valence-electron chi connectivity index (χ4n) is 2.74. The van der Waals surface area contributed by atoms with Crippen molar-refractivity contribution >= 4 is 17.4 Å². The first-order valence-electron chi connectivity index (χ1n) is 6.69. The van der Waals surface area contributed by atoms with E-state index in [4.69, 9.17) is 11.6 Å². The Hall–Kier alpha value is -1.03. The zero-order chi connectivity index (χ0) is 14.8. The Labute approximate surface area is 121 Å². The van der Waals surface area contributed by atoms with Gasteiger partial charge in [0.05, 0.1) is 5.92 Å². The molecule has 1 aliphatic rings. The maximum Gasteiger partial charge on any atom is 0.391 e. The van der Waals surface area contributed by atoms with Crippen LogP contribution in [0.4, 0.5) is 13.2 Å². The SMILES string of the molecule is O=C(C1CCCC(C(F)(F)F)C1)C(Cl)c1ccccc1. The van der Waals surface area contributed by atoms with Gasteiger partial charge in [-0.15, -0.1) is 11.6 Å². The number of ketones is 1. The van der Waals surface area contributed by atoms with E-state index in [9.17, 15) is 18.0 Å². The molecule has 1 aliphatic carbocycles. The van der Waals surface area contributed by atoms with Gasteiger partial charge in [0.1, 0.15) is 5.38 Å². The molecule has 0 amide bonds. The predicted molar refractivity (Wildman–Crippen MR) is 71.5 cm³/mol. The van der Waals surface area contributed by atoms with E-state index in [0.29, 0.717) is 18.4 Å². The molecule has 2 rings (SSSR count). The lowest BCUT2D eigenvalue weighted by Gasteiger charge is -2.30. The molecule has 1 aromatic rings. The summed E-state index contributed by atoms with van der Waals surface area (Å²) in [6.07, 6.45) is -3.29. The molecular weight excluding hydrogens is 289 g/mol. The van der Waals surface area contributed by atoms with Crippen molar-refractivity contribution in [2.24, 2.45) is 11.8 Å². The number of alkyl halides is 4. The summed E-state index contributed by atoms with van der Waals surface area (Å²) in [5, 5.41) is -0.854. The van der Waals surface area contributed by atoms with Crippen molar-refractivity contribution < 1.29 is 18.0 Å². The van der Waals surface area contributed by atoms with Crippen LogP contribution in [0.5, 0.6) is 0 Å². The molecule has 0 bridgehead atoms. The first-order valence-corrected chi connectivity index (χ1v) is 7.12. The molecule has 0 radical (unpaired) electrons. The maximum atomic E-state index is 12.8. The molecule has 1 aromatic carbocycles. The van der Waals surface area contributed by atoms with Gasteiger partial charge < -0.3 is 0 Å². The van der Waals surface area contributed by atoms with Crippen molar-refractivity contribution in [1.29, 1.82) is 0 Å². The summed E-state index contributed by atoms with van der Waals surface area (Å²) in [5.74, 6) is -2.24. The zero-order valence-electron chi connectivity index (χ0n) is 10.9. The van der Waals surface area contributed by atoms with E-state index in [1.807, 2.05) is 0 Å². The van der Waals surface area contributed by atoms with Crippen LogP contribution in [0.3, 0.4) is 0 Å². The largest absolute Gasteiger partial charge is 0.391 e. The molecule has 110 valence electrons. The van der Waals surface area contributed by atoms with Crippen molar-refractivity contribution in [2.45, 2.75) is 37.2 Å². The molecule has 0 saturated heterocycles. The lowest BCUT2D eigenvalue weighted by Crippen LogP contribution is -2.32. The third-order valence-corrected chi connectivity index (χ3v) is 4.35. The van der Waals surface area contributed by atoms with Gasteiger partial charge in [-0.05, 0) is 24.8 Å². The van der Waals surface area contributed by atoms with Gasteiger partial charge in [0, 0.05) is 5.92 Å². The Kier molecular flexibility index (Phi) is 4.74. The van der Waals surface area contributed by atoms with Crippen molar-refractivity contribution in [3.63, 3.8) is 0 Å². The normalized spacial score (nSPS) is 25.2. The van der Waals surface area contributed by atoms with Crippen molar-refractivity contribution in [1.82, 2.24) is 0 Å². The van der Waals surface area contributed by atoms with Gasteiger partial charge in [-0.3, -0.25) is 4.79 Å². The summed E-state index contributed by atoms with van der Waals surface area (Å²) in [6, 6.07) is 8.77. The van der Waals surface area contributed by atoms with E-state index in [-0.39, 0.29) is 18.6 Å². The first-order chi connectivity index (χ1) is 9.39. The Balaban J connectivity index is 2.05. The van der Waals surface area contributed by atoms with E-state index < -0.39 is 23.4 Å². The fourth-order valence-corrected chi connectivity index (χ4v) is 3.06. The number of hydrogen-bond donors (Lipinski definition) is 0. The van der Waals surface area contributed by atoms with Crippen molar-refractivity contribution in [2.75, 3.05) is 0 Å². The van der Waals surface area contributed by atoms with Crippen LogP contribution in [-0.4, -0.2) is 12.0 Å². The Morgan fingerprint density at radius 2 is 1.85 bits per heavy atom. The minimum atomic E-state index is -4.21. The molecule has 5 heteroatoms. The van der Waals surface area contributed by atoms with Gasteiger partial charge in [0.15, 0.2) is 5.78 Å². The standard InChI is InChI=1S/C15H16ClF3O/c16-13(10-5-2-1-3-6-10)14(20)11-7-4-8-12(9-11)15(17,18)19/h1-3,5-6,11-13H,4,7-9H2. The third kappa shape index (κ3) is 3.54. The van der Waals surface area contributed by atoms with E-state index in [1.54, 1.807) is 30.3 Å². The van der Waals surface area contributed by atoms with Crippen LogP contribution in [0.25, 0.3) is 0 Å². The number of benzene rings is 1. The number of carbonyl (C=O) groups excluding carboxylic acids is 1. The van der Waals surface area contributed by atoms with Crippen molar-refractivity contribution in [3.05, 3.63) is 35.9 Å². The molecule has 1 saturated carbocycles.